The lowest BCUT2D eigenvalue weighted by Gasteiger charge is -2.40. The maximum absolute atomic E-state index is 13.2. The third-order valence-electron chi connectivity index (χ3n) is 6.29. The van der Waals surface area contributed by atoms with E-state index in [1.807, 2.05) is 30.3 Å². The number of aromatic nitrogens is 1. The normalized spacial score (nSPS) is 29.4. The fraction of sp³-hybridized carbons (Fsp3) is 0.261. The van der Waals surface area contributed by atoms with Crippen molar-refractivity contribution in [3.05, 3.63) is 94.3 Å². The van der Waals surface area contributed by atoms with Crippen LogP contribution in [0.3, 0.4) is 0 Å². The van der Waals surface area contributed by atoms with Gasteiger partial charge in [0, 0.05) is 18.2 Å². The average Bonchev–Trinajstić information content (AvgIpc) is 3.13. The van der Waals surface area contributed by atoms with Crippen LogP contribution in [0.2, 0.25) is 5.02 Å². The zero-order chi connectivity index (χ0) is 22.0. The van der Waals surface area contributed by atoms with Crippen LogP contribution in [0.4, 0.5) is 13.2 Å². The molecule has 31 heavy (non-hydrogen) atoms. The zero-order valence-corrected chi connectivity index (χ0v) is 16.7. The largest absolute Gasteiger partial charge is 0.476 e. The van der Waals surface area contributed by atoms with Gasteiger partial charge in [0.15, 0.2) is 11.2 Å². The number of nitrogens with zero attached hydrogens (tertiary/aromatic N) is 1. The van der Waals surface area contributed by atoms with Gasteiger partial charge in [-0.25, -0.2) is 0 Å². The van der Waals surface area contributed by atoms with Crippen LogP contribution in [0.5, 0.6) is 5.75 Å². The van der Waals surface area contributed by atoms with Crippen molar-refractivity contribution in [3.8, 4) is 5.75 Å². The molecule has 8 heteroatoms. The Labute approximate surface area is 180 Å². The maximum Gasteiger partial charge on any atom is 0.416 e. The molecule has 5 rings (SSSR count). The number of rotatable bonds is 2. The second-order valence-electron chi connectivity index (χ2n) is 7.89. The first-order valence-electron chi connectivity index (χ1n) is 9.66. The molecule has 0 spiro atoms. The number of aliphatic hydroxyl groups is 2. The summed E-state index contributed by atoms with van der Waals surface area (Å²) < 4.78 is 45.8. The summed E-state index contributed by atoms with van der Waals surface area (Å²) in [5.41, 5.74) is -3.19. The molecule has 0 unspecified atom stereocenters. The van der Waals surface area contributed by atoms with Crippen molar-refractivity contribution >= 4 is 11.6 Å². The molecule has 0 bridgehead atoms. The molecule has 0 amide bonds. The molecule has 4 nitrogen and oxygen atoms in total. The lowest BCUT2D eigenvalue weighted by Crippen LogP contribution is -2.52. The minimum absolute atomic E-state index is 0.114. The summed E-state index contributed by atoms with van der Waals surface area (Å²) in [5, 5.41) is 23.2. The van der Waals surface area contributed by atoms with E-state index in [4.69, 9.17) is 16.3 Å². The van der Waals surface area contributed by atoms with E-state index in [0.29, 0.717) is 5.56 Å². The molecule has 2 aliphatic rings. The molecule has 2 heterocycles. The highest BCUT2D eigenvalue weighted by atomic mass is 35.5. The molecule has 0 saturated heterocycles. The van der Waals surface area contributed by atoms with Crippen LogP contribution in [-0.2, 0) is 17.4 Å². The highest BCUT2D eigenvalue weighted by Crippen LogP contribution is 2.66. The molecule has 1 saturated carbocycles. The van der Waals surface area contributed by atoms with Gasteiger partial charge in [0.2, 0.25) is 0 Å². The van der Waals surface area contributed by atoms with E-state index in [2.05, 4.69) is 4.98 Å². The van der Waals surface area contributed by atoms with Crippen molar-refractivity contribution in [3.63, 3.8) is 0 Å². The van der Waals surface area contributed by atoms with Gasteiger partial charge < -0.3 is 14.9 Å². The van der Waals surface area contributed by atoms with Crippen LogP contribution in [0, 0.1) is 0 Å². The molecule has 2 aromatic carbocycles. The SMILES string of the molecule is O[C@@H]1C[C@@H](c2ccccc2)[C@]2(c3ccc(C(F)(F)F)cc3)Oc3cc(Cl)cnc3[C@]12O. The van der Waals surface area contributed by atoms with E-state index >= 15 is 0 Å². The van der Waals surface area contributed by atoms with Crippen molar-refractivity contribution in [2.24, 2.45) is 0 Å². The Hall–Kier alpha value is -2.61. The van der Waals surface area contributed by atoms with E-state index in [1.165, 1.54) is 24.4 Å². The quantitative estimate of drug-likeness (QED) is 0.593. The number of aliphatic hydroxyl groups excluding tert-OH is 1. The lowest BCUT2D eigenvalue weighted by atomic mass is 9.72. The number of halogens is 4. The smallest absolute Gasteiger partial charge is 0.416 e. The summed E-state index contributed by atoms with van der Waals surface area (Å²) in [6.07, 6.45) is -4.30. The van der Waals surface area contributed by atoms with Gasteiger partial charge in [-0.05, 0) is 29.7 Å². The van der Waals surface area contributed by atoms with Crippen molar-refractivity contribution < 1.29 is 28.1 Å². The second-order valence-corrected chi connectivity index (χ2v) is 8.33. The van der Waals surface area contributed by atoms with Gasteiger partial charge in [-0.15, -0.1) is 0 Å². The van der Waals surface area contributed by atoms with Crippen LogP contribution in [0.25, 0.3) is 0 Å². The van der Waals surface area contributed by atoms with Crippen LogP contribution in [0.1, 0.15) is 34.7 Å². The third-order valence-corrected chi connectivity index (χ3v) is 6.50. The Morgan fingerprint density at radius 1 is 1.06 bits per heavy atom. The summed E-state index contributed by atoms with van der Waals surface area (Å²) >= 11 is 6.07. The van der Waals surface area contributed by atoms with Gasteiger partial charge in [0.1, 0.15) is 11.4 Å². The number of alkyl halides is 3. The first-order chi connectivity index (χ1) is 14.7. The number of hydrogen-bond donors (Lipinski definition) is 2. The molecule has 0 radical (unpaired) electrons. The molecule has 2 N–H and O–H groups in total. The van der Waals surface area contributed by atoms with Crippen LogP contribution in [0.15, 0.2) is 66.9 Å². The van der Waals surface area contributed by atoms with Crippen molar-refractivity contribution in [2.45, 2.75) is 35.8 Å². The molecule has 160 valence electrons. The number of fused-ring (bicyclic) bond motifs is 3. The van der Waals surface area contributed by atoms with Crippen molar-refractivity contribution in [1.82, 2.24) is 4.98 Å². The third kappa shape index (κ3) is 2.73. The van der Waals surface area contributed by atoms with Crippen molar-refractivity contribution in [2.75, 3.05) is 0 Å². The summed E-state index contributed by atoms with van der Waals surface area (Å²) in [5.74, 6) is -0.368. The molecule has 1 aromatic heterocycles. The van der Waals surface area contributed by atoms with Gasteiger partial charge in [-0.2, -0.15) is 13.2 Å². The number of pyridine rings is 1. The molecule has 3 aromatic rings. The summed E-state index contributed by atoms with van der Waals surface area (Å²) in [6.45, 7) is 0. The van der Waals surface area contributed by atoms with Gasteiger partial charge in [-0.3, -0.25) is 4.98 Å². The molecule has 1 aliphatic carbocycles. The fourth-order valence-corrected chi connectivity index (χ4v) is 5.10. The number of benzene rings is 2. The summed E-state index contributed by atoms with van der Waals surface area (Å²) in [7, 11) is 0. The average molecular weight is 448 g/mol. The predicted octanol–water partition coefficient (Wildman–Crippen LogP) is 4.78. The Morgan fingerprint density at radius 2 is 1.74 bits per heavy atom. The Bertz CT molecular complexity index is 1140. The van der Waals surface area contributed by atoms with Gasteiger partial charge in [-0.1, -0.05) is 54.1 Å². The zero-order valence-electron chi connectivity index (χ0n) is 16.0. The lowest BCUT2D eigenvalue weighted by molar-refractivity contribution is -0.151. The maximum atomic E-state index is 13.2. The van der Waals surface area contributed by atoms with E-state index in [-0.39, 0.29) is 22.9 Å². The van der Waals surface area contributed by atoms with E-state index in [0.717, 1.165) is 17.7 Å². The Morgan fingerprint density at radius 3 is 2.39 bits per heavy atom. The van der Waals surface area contributed by atoms with Gasteiger partial charge in [0.25, 0.3) is 0 Å². The van der Waals surface area contributed by atoms with Crippen LogP contribution < -0.4 is 4.74 Å². The van der Waals surface area contributed by atoms with Crippen LogP contribution in [-0.4, -0.2) is 21.3 Å². The first kappa shape index (κ1) is 20.3. The molecular formula is C23H17ClF3NO3. The molecule has 1 fully saturated rings. The predicted molar refractivity (Wildman–Crippen MR) is 107 cm³/mol. The fourth-order valence-electron chi connectivity index (χ4n) is 4.96. The highest BCUT2D eigenvalue weighted by Gasteiger charge is 2.73. The standard InChI is InChI=1S/C23H17ClF3NO3/c24-16-10-18-20(28-12-16)21(30)19(29)11-17(13-4-2-1-3-5-13)22(21,31-18)14-6-8-15(9-7-14)23(25,26)27/h1-10,12,17,19,29-30H,11H2/t17-,19+,21+,22-/m0/s1. The van der Waals surface area contributed by atoms with Crippen molar-refractivity contribution in [1.29, 1.82) is 0 Å². The van der Waals surface area contributed by atoms with Crippen LogP contribution >= 0.6 is 11.6 Å². The highest BCUT2D eigenvalue weighted by molar-refractivity contribution is 6.30. The Kier molecular flexibility index (Phi) is 4.38. The Balaban J connectivity index is 1.76. The second kappa shape index (κ2) is 6.69. The monoisotopic (exact) mass is 447 g/mol. The van der Waals surface area contributed by atoms with Gasteiger partial charge >= 0.3 is 6.18 Å². The summed E-state index contributed by atoms with van der Waals surface area (Å²) in [4.78, 5) is 4.23. The number of hydrogen-bond acceptors (Lipinski definition) is 4. The number of ether oxygens (including phenoxy) is 1. The first-order valence-corrected chi connectivity index (χ1v) is 10.0. The molecular weight excluding hydrogens is 431 g/mol. The molecule has 1 aliphatic heterocycles. The van der Waals surface area contributed by atoms with E-state index in [1.54, 1.807) is 0 Å². The minimum Gasteiger partial charge on any atom is -0.476 e. The van der Waals surface area contributed by atoms with E-state index in [9.17, 15) is 23.4 Å². The molecule has 4 atom stereocenters. The topological polar surface area (TPSA) is 62.6 Å². The van der Waals surface area contributed by atoms with E-state index < -0.39 is 35.0 Å². The minimum atomic E-state index is -4.50. The van der Waals surface area contributed by atoms with Gasteiger partial charge in [0.05, 0.1) is 16.7 Å². The summed E-state index contributed by atoms with van der Waals surface area (Å²) in [6, 6.07) is 15.1.